The largest absolute Gasteiger partial charge is 0.417 e. The molecule has 0 unspecified atom stereocenters. The molecular weight excluding hydrogens is 312 g/mol. The predicted octanol–water partition coefficient (Wildman–Crippen LogP) is 4.94. The monoisotopic (exact) mass is 326 g/mol. The number of aromatic amines is 2. The van der Waals surface area contributed by atoms with E-state index in [-0.39, 0.29) is 0 Å². The summed E-state index contributed by atoms with van der Waals surface area (Å²) < 4.78 is 5.27. The Morgan fingerprint density at radius 3 is 2.44 bits per heavy atom. The highest BCUT2D eigenvalue weighted by Crippen LogP contribution is 2.37. The average molecular weight is 326 g/mol. The molecule has 0 aliphatic heterocycles. The van der Waals surface area contributed by atoms with E-state index in [1.54, 1.807) is 0 Å². The number of oxazole rings is 1. The van der Waals surface area contributed by atoms with Crippen LogP contribution in [0.25, 0.3) is 44.4 Å². The van der Waals surface area contributed by atoms with Crippen molar-refractivity contribution < 1.29 is 4.42 Å². The third-order valence-corrected chi connectivity index (χ3v) is 4.48. The zero-order valence-electron chi connectivity index (χ0n) is 13.2. The minimum Gasteiger partial charge on any atom is -0.408 e. The minimum absolute atomic E-state index is 0.447. The quantitative estimate of drug-likeness (QED) is 0.483. The fraction of sp³-hybridized carbons (Fsp3) is 0. The maximum absolute atomic E-state index is 11.8. The van der Waals surface area contributed by atoms with E-state index in [1.165, 1.54) is 0 Å². The molecule has 25 heavy (non-hydrogen) atoms. The fourth-order valence-electron chi connectivity index (χ4n) is 3.37. The lowest BCUT2D eigenvalue weighted by atomic mass is 9.96. The van der Waals surface area contributed by atoms with Gasteiger partial charge in [-0.1, -0.05) is 48.5 Å². The maximum Gasteiger partial charge on any atom is 0.417 e. The lowest BCUT2D eigenvalue weighted by Gasteiger charge is -2.09. The first kappa shape index (κ1) is 13.9. The van der Waals surface area contributed by atoms with Gasteiger partial charge in [0.1, 0.15) is 0 Å². The van der Waals surface area contributed by atoms with Crippen LogP contribution in [-0.4, -0.2) is 9.97 Å². The van der Waals surface area contributed by atoms with Crippen molar-refractivity contribution in [3.05, 3.63) is 83.3 Å². The standard InChI is InChI=1S/C21H14N2O2/c24-21-23-20-18(25-21)11-10-15(13-6-2-1-3-7-13)19(20)17-12-14-8-4-5-9-16(14)22-17/h1-12,22H,(H,23,24). The van der Waals surface area contributed by atoms with Gasteiger partial charge in [0, 0.05) is 22.2 Å². The van der Waals surface area contributed by atoms with E-state index >= 15 is 0 Å². The molecule has 2 aromatic heterocycles. The molecule has 2 heterocycles. The first-order valence-corrected chi connectivity index (χ1v) is 8.09. The number of rotatable bonds is 2. The number of benzene rings is 3. The van der Waals surface area contributed by atoms with E-state index in [0.29, 0.717) is 11.1 Å². The Balaban J connectivity index is 1.89. The van der Waals surface area contributed by atoms with Gasteiger partial charge in [-0.05, 0) is 35.4 Å². The normalized spacial score (nSPS) is 11.4. The molecule has 0 radical (unpaired) electrons. The summed E-state index contributed by atoms with van der Waals surface area (Å²) in [6.07, 6.45) is 0. The van der Waals surface area contributed by atoms with Crippen molar-refractivity contribution in [1.29, 1.82) is 0 Å². The Bertz CT molecular complexity index is 1230. The molecule has 2 N–H and O–H groups in total. The Morgan fingerprint density at radius 2 is 1.60 bits per heavy atom. The molecule has 4 heteroatoms. The SMILES string of the molecule is O=c1[nH]c2c(-c3cc4ccccc4[nH]3)c(-c3ccccc3)ccc2o1. The number of para-hydroxylation sites is 1. The molecule has 0 saturated heterocycles. The van der Waals surface area contributed by atoms with E-state index in [0.717, 1.165) is 33.3 Å². The van der Waals surface area contributed by atoms with Gasteiger partial charge in [-0.2, -0.15) is 0 Å². The molecule has 0 saturated carbocycles. The van der Waals surface area contributed by atoms with Crippen LogP contribution in [0, 0.1) is 0 Å². The van der Waals surface area contributed by atoms with Crippen LogP contribution in [0.15, 0.2) is 82.0 Å². The third kappa shape index (κ3) is 2.19. The number of aromatic nitrogens is 2. The summed E-state index contributed by atoms with van der Waals surface area (Å²) in [6, 6.07) is 24.2. The highest BCUT2D eigenvalue weighted by molar-refractivity contribution is 6.01. The first-order valence-electron chi connectivity index (χ1n) is 8.09. The summed E-state index contributed by atoms with van der Waals surface area (Å²) in [5.41, 5.74) is 6.32. The molecule has 0 fully saturated rings. The maximum atomic E-state index is 11.8. The zero-order valence-corrected chi connectivity index (χ0v) is 13.2. The van der Waals surface area contributed by atoms with Crippen LogP contribution in [0.4, 0.5) is 0 Å². The van der Waals surface area contributed by atoms with Gasteiger partial charge in [0.15, 0.2) is 5.58 Å². The van der Waals surface area contributed by atoms with E-state index in [9.17, 15) is 4.79 Å². The summed E-state index contributed by atoms with van der Waals surface area (Å²) in [5.74, 6) is -0.447. The van der Waals surface area contributed by atoms with Gasteiger partial charge in [-0.3, -0.25) is 4.98 Å². The van der Waals surface area contributed by atoms with Crippen molar-refractivity contribution in [2.24, 2.45) is 0 Å². The number of H-pyrrole nitrogens is 2. The molecule has 4 nitrogen and oxygen atoms in total. The number of fused-ring (bicyclic) bond motifs is 2. The second-order valence-corrected chi connectivity index (χ2v) is 6.01. The van der Waals surface area contributed by atoms with Crippen LogP contribution in [0.5, 0.6) is 0 Å². The Labute approximate surface area is 142 Å². The van der Waals surface area contributed by atoms with Crippen LogP contribution in [0.2, 0.25) is 0 Å². The van der Waals surface area contributed by atoms with Gasteiger partial charge in [0.25, 0.3) is 0 Å². The molecule has 5 rings (SSSR count). The van der Waals surface area contributed by atoms with Crippen molar-refractivity contribution in [2.45, 2.75) is 0 Å². The molecule has 0 spiro atoms. The van der Waals surface area contributed by atoms with Gasteiger partial charge >= 0.3 is 5.76 Å². The van der Waals surface area contributed by atoms with E-state index in [2.05, 4.69) is 34.2 Å². The second-order valence-electron chi connectivity index (χ2n) is 6.01. The molecule has 0 aliphatic carbocycles. The predicted molar refractivity (Wildman–Crippen MR) is 99.6 cm³/mol. The van der Waals surface area contributed by atoms with Gasteiger partial charge in [-0.15, -0.1) is 0 Å². The molecule has 0 bridgehead atoms. The van der Waals surface area contributed by atoms with E-state index in [4.69, 9.17) is 4.42 Å². The summed E-state index contributed by atoms with van der Waals surface area (Å²) >= 11 is 0. The van der Waals surface area contributed by atoms with Gasteiger partial charge in [-0.25, -0.2) is 4.79 Å². The zero-order chi connectivity index (χ0) is 16.8. The van der Waals surface area contributed by atoms with Crippen LogP contribution < -0.4 is 5.76 Å². The molecule has 0 amide bonds. The van der Waals surface area contributed by atoms with Crippen molar-refractivity contribution in [1.82, 2.24) is 9.97 Å². The molecular formula is C21H14N2O2. The molecule has 0 atom stereocenters. The van der Waals surface area contributed by atoms with E-state index < -0.39 is 5.76 Å². The van der Waals surface area contributed by atoms with Crippen molar-refractivity contribution in [2.75, 3.05) is 0 Å². The highest BCUT2D eigenvalue weighted by Gasteiger charge is 2.16. The number of hydrogen-bond donors (Lipinski definition) is 2. The first-order chi connectivity index (χ1) is 12.3. The lowest BCUT2D eigenvalue weighted by molar-refractivity contribution is 0.555. The molecule has 3 aromatic carbocycles. The Morgan fingerprint density at radius 1 is 0.800 bits per heavy atom. The summed E-state index contributed by atoms with van der Waals surface area (Å²) in [4.78, 5) is 18.1. The lowest BCUT2D eigenvalue weighted by Crippen LogP contribution is -1.94. The van der Waals surface area contributed by atoms with Gasteiger partial charge in [0.2, 0.25) is 0 Å². The molecule has 5 aromatic rings. The Kier molecular flexibility index (Phi) is 2.91. The number of nitrogens with one attached hydrogen (secondary N) is 2. The fourth-order valence-corrected chi connectivity index (χ4v) is 3.37. The van der Waals surface area contributed by atoms with E-state index in [1.807, 2.05) is 48.5 Å². The van der Waals surface area contributed by atoms with Crippen LogP contribution in [0.1, 0.15) is 0 Å². The van der Waals surface area contributed by atoms with Crippen LogP contribution in [0.3, 0.4) is 0 Å². The Hall–Kier alpha value is -3.53. The molecule has 120 valence electrons. The third-order valence-electron chi connectivity index (χ3n) is 4.48. The van der Waals surface area contributed by atoms with Crippen molar-refractivity contribution in [3.63, 3.8) is 0 Å². The summed E-state index contributed by atoms with van der Waals surface area (Å²) in [6.45, 7) is 0. The highest BCUT2D eigenvalue weighted by atomic mass is 16.4. The second kappa shape index (κ2) is 5.24. The number of hydrogen-bond acceptors (Lipinski definition) is 2. The van der Waals surface area contributed by atoms with Crippen LogP contribution in [-0.2, 0) is 0 Å². The smallest absolute Gasteiger partial charge is 0.408 e. The summed E-state index contributed by atoms with van der Waals surface area (Å²) in [5, 5.41) is 1.12. The van der Waals surface area contributed by atoms with Gasteiger partial charge in [0.05, 0.1) is 5.52 Å². The summed E-state index contributed by atoms with van der Waals surface area (Å²) in [7, 11) is 0. The molecule has 0 aliphatic rings. The van der Waals surface area contributed by atoms with Crippen LogP contribution >= 0.6 is 0 Å². The average Bonchev–Trinajstić information content (AvgIpc) is 3.23. The minimum atomic E-state index is -0.447. The van der Waals surface area contributed by atoms with Gasteiger partial charge < -0.3 is 9.40 Å². The topological polar surface area (TPSA) is 61.8 Å². The van der Waals surface area contributed by atoms with Crippen molar-refractivity contribution in [3.8, 4) is 22.4 Å². The van der Waals surface area contributed by atoms with Crippen molar-refractivity contribution >= 4 is 22.0 Å².